The lowest BCUT2D eigenvalue weighted by atomic mass is 9.78. The molecular formula is C17H24IN5. The van der Waals surface area contributed by atoms with Gasteiger partial charge < -0.3 is 10.6 Å². The molecule has 0 radical (unpaired) electrons. The molecular weight excluding hydrogens is 401 g/mol. The molecule has 6 heteroatoms. The average Bonchev–Trinajstić information content (AvgIpc) is 3.03. The van der Waals surface area contributed by atoms with Crippen LogP contribution in [-0.4, -0.2) is 35.9 Å². The smallest absolute Gasteiger partial charge is 0.190 e. The third kappa shape index (κ3) is 4.70. The molecule has 0 spiro atoms. The summed E-state index contributed by atoms with van der Waals surface area (Å²) in [7, 11) is 1.82. The number of benzene rings is 1. The van der Waals surface area contributed by atoms with Crippen molar-refractivity contribution in [2.45, 2.75) is 25.3 Å². The second-order valence-corrected chi connectivity index (χ2v) is 5.60. The molecule has 3 rings (SSSR count). The Labute approximate surface area is 154 Å². The summed E-state index contributed by atoms with van der Waals surface area (Å²) in [6, 6.07) is 10.6. The number of halogens is 1. The van der Waals surface area contributed by atoms with Crippen molar-refractivity contribution in [1.82, 2.24) is 20.4 Å². The van der Waals surface area contributed by atoms with Gasteiger partial charge in [-0.25, -0.2) is 0 Å². The highest BCUT2D eigenvalue weighted by atomic mass is 127. The summed E-state index contributed by atoms with van der Waals surface area (Å²) in [5, 5.41) is 11.0. The molecule has 2 N–H and O–H groups in total. The Balaban J connectivity index is 0.00000192. The van der Waals surface area contributed by atoms with E-state index in [1.54, 1.807) is 0 Å². The van der Waals surface area contributed by atoms with E-state index in [1.807, 2.05) is 30.2 Å². The maximum atomic E-state index is 4.28. The lowest BCUT2D eigenvalue weighted by molar-refractivity contribution is 0.561. The molecule has 124 valence electrons. The molecule has 0 aliphatic heterocycles. The molecule has 23 heavy (non-hydrogen) atoms. The number of fused-ring (bicyclic) bond motifs is 1. The van der Waals surface area contributed by atoms with Crippen LogP contribution in [0.15, 0.2) is 47.7 Å². The van der Waals surface area contributed by atoms with E-state index in [-0.39, 0.29) is 24.0 Å². The van der Waals surface area contributed by atoms with E-state index in [1.165, 1.54) is 17.5 Å². The summed E-state index contributed by atoms with van der Waals surface area (Å²) in [6.07, 6.45) is 5.99. The monoisotopic (exact) mass is 425 g/mol. The molecule has 1 aliphatic rings. The van der Waals surface area contributed by atoms with E-state index >= 15 is 0 Å². The number of nitrogens with one attached hydrogen (secondary N) is 2. The normalized spacial score (nSPS) is 16.0. The van der Waals surface area contributed by atoms with Gasteiger partial charge in [0.25, 0.3) is 0 Å². The predicted molar refractivity (Wildman–Crippen MR) is 105 cm³/mol. The van der Waals surface area contributed by atoms with Gasteiger partial charge >= 0.3 is 0 Å². The van der Waals surface area contributed by atoms with E-state index in [0.29, 0.717) is 5.92 Å². The molecule has 5 nitrogen and oxygen atoms in total. The molecule has 0 amide bonds. The fourth-order valence-electron chi connectivity index (χ4n) is 2.87. The number of hydrogen-bond acceptors (Lipinski definition) is 2. The Bertz CT molecular complexity index is 624. The summed E-state index contributed by atoms with van der Waals surface area (Å²) in [4.78, 5) is 4.28. The molecule has 2 aromatic rings. The van der Waals surface area contributed by atoms with Crippen LogP contribution in [0, 0.1) is 0 Å². The highest BCUT2D eigenvalue weighted by Gasteiger charge is 2.25. The van der Waals surface area contributed by atoms with Crippen molar-refractivity contribution in [2.75, 3.05) is 20.1 Å². The topological polar surface area (TPSA) is 54.2 Å². The first-order chi connectivity index (χ1) is 10.9. The maximum absolute atomic E-state index is 4.28. The van der Waals surface area contributed by atoms with Gasteiger partial charge in [-0.3, -0.25) is 9.67 Å². The average molecular weight is 425 g/mol. The van der Waals surface area contributed by atoms with Crippen LogP contribution in [0.1, 0.15) is 23.5 Å². The summed E-state index contributed by atoms with van der Waals surface area (Å²) < 4.78 is 1.95. The van der Waals surface area contributed by atoms with Gasteiger partial charge in [0.05, 0.1) is 0 Å². The van der Waals surface area contributed by atoms with Crippen LogP contribution in [-0.2, 0) is 13.0 Å². The molecule has 1 unspecified atom stereocenters. The molecule has 1 heterocycles. The van der Waals surface area contributed by atoms with Crippen molar-refractivity contribution in [1.29, 1.82) is 0 Å². The van der Waals surface area contributed by atoms with Crippen LogP contribution in [0.5, 0.6) is 0 Å². The number of aromatic nitrogens is 2. The molecule has 1 atom stereocenters. The van der Waals surface area contributed by atoms with Crippen molar-refractivity contribution in [3.63, 3.8) is 0 Å². The van der Waals surface area contributed by atoms with Crippen molar-refractivity contribution >= 4 is 29.9 Å². The van der Waals surface area contributed by atoms with E-state index in [4.69, 9.17) is 0 Å². The van der Waals surface area contributed by atoms with Crippen molar-refractivity contribution < 1.29 is 0 Å². The number of aryl methyl sites for hydroxylation is 1. The van der Waals surface area contributed by atoms with Crippen molar-refractivity contribution in [3.8, 4) is 0 Å². The molecule has 0 fully saturated rings. The van der Waals surface area contributed by atoms with Gasteiger partial charge in [0, 0.05) is 45.0 Å². The minimum absolute atomic E-state index is 0. The van der Waals surface area contributed by atoms with Crippen LogP contribution in [0.4, 0.5) is 0 Å². The third-order valence-electron chi connectivity index (χ3n) is 4.12. The zero-order valence-electron chi connectivity index (χ0n) is 13.4. The lowest BCUT2D eigenvalue weighted by Gasteiger charge is -2.30. The van der Waals surface area contributed by atoms with Crippen LogP contribution < -0.4 is 10.6 Å². The Kier molecular flexibility index (Phi) is 6.88. The Morgan fingerprint density at radius 1 is 1.30 bits per heavy atom. The summed E-state index contributed by atoms with van der Waals surface area (Å²) >= 11 is 0. The molecule has 0 bridgehead atoms. The molecule has 1 aromatic carbocycles. The van der Waals surface area contributed by atoms with Crippen molar-refractivity contribution in [2.24, 2.45) is 4.99 Å². The van der Waals surface area contributed by atoms with E-state index in [2.05, 4.69) is 45.0 Å². The highest BCUT2D eigenvalue weighted by Crippen LogP contribution is 2.33. The number of nitrogens with zero attached hydrogens (tertiary/aromatic N) is 3. The van der Waals surface area contributed by atoms with Crippen LogP contribution >= 0.6 is 24.0 Å². The van der Waals surface area contributed by atoms with E-state index < -0.39 is 0 Å². The highest BCUT2D eigenvalue weighted by molar-refractivity contribution is 14.0. The zero-order chi connectivity index (χ0) is 15.2. The SMILES string of the molecule is CN=C(NCCCn1cccn1)NCC1Cc2ccccc21.I. The summed E-state index contributed by atoms with van der Waals surface area (Å²) in [5.41, 5.74) is 2.96. The van der Waals surface area contributed by atoms with E-state index in [9.17, 15) is 0 Å². The minimum atomic E-state index is 0. The van der Waals surface area contributed by atoms with Gasteiger partial charge in [0.2, 0.25) is 0 Å². The molecule has 1 aromatic heterocycles. The standard InChI is InChI=1S/C17H23N5.HI/c1-18-17(19-8-4-10-22-11-5-9-21-22)20-13-15-12-14-6-2-3-7-16(14)15;/h2-3,5-7,9,11,15H,4,8,10,12-13H2,1H3,(H2,18,19,20);1H. The van der Waals surface area contributed by atoms with Gasteiger partial charge in [-0.2, -0.15) is 5.10 Å². The maximum Gasteiger partial charge on any atom is 0.190 e. The molecule has 0 saturated carbocycles. The fourth-order valence-corrected chi connectivity index (χ4v) is 2.87. The van der Waals surface area contributed by atoms with Crippen LogP contribution in [0.2, 0.25) is 0 Å². The summed E-state index contributed by atoms with van der Waals surface area (Å²) in [6.45, 7) is 2.75. The first-order valence-electron chi connectivity index (χ1n) is 7.86. The predicted octanol–water partition coefficient (Wildman–Crippen LogP) is 2.40. The second kappa shape index (κ2) is 8.90. The minimum Gasteiger partial charge on any atom is -0.356 e. The molecule has 0 saturated heterocycles. The summed E-state index contributed by atoms with van der Waals surface area (Å²) in [5.74, 6) is 1.49. The Hall–Kier alpha value is -1.57. The molecule has 1 aliphatic carbocycles. The number of guanidine groups is 1. The van der Waals surface area contributed by atoms with Crippen molar-refractivity contribution in [3.05, 3.63) is 53.9 Å². The second-order valence-electron chi connectivity index (χ2n) is 5.60. The zero-order valence-corrected chi connectivity index (χ0v) is 15.7. The van der Waals surface area contributed by atoms with Gasteiger partial charge in [-0.15, -0.1) is 24.0 Å². The van der Waals surface area contributed by atoms with Gasteiger partial charge in [-0.05, 0) is 30.0 Å². The first kappa shape index (κ1) is 17.8. The van der Waals surface area contributed by atoms with Gasteiger partial charge in [-0.1, -0.05) is 24.3 Å². The van der Waals surface area contributed by atoms with Gasteiger partial charge in [0.1, 0.15) is 0 Å². The third-order valence-corrected chi connectivity index (χ3v) is 4.12. The Morgan fingerprint density at radius 2 is 2.17 bits per heavy atom. The van der Waals surface area contributed by atoms with Crippen LogP contribution in [0.3, 0.4) is 0 Å². The quantitative estimate of drug-likeness (QED) is 0.324. The Morgan fingerprint density at radius 3 is 2.91 bits per heavy atom. The first-order valence-corrected chi connectivity index (χ1v) is 7.86. The number of hydrogen-bond donors (Lipinski definition) is 2. The van der Waals surface area contributed by atoms with Gasteiger partial charge in [0.15, 0.2) is 5.96 Å². The number of aliphatic imine (C=N–C) groups is 1. The van der Waals surface area contributed by atoms with Crippen LogP contribution in [0.25, 0.3) is 0 Å². The fraction of sp³-hybridized carbons (Fsp3) is 0.412. The van der Waals surface area contributed by atoms with E-state index in [0.717, 1.165) is 32.0 Å². The lowest BCUT2D eigenvalue weighted by Crippen LogP contribution is -2.41. The number of rotatable bonds is 6. The largest absolute Gasteiger partial charge is 0.356 e.